The molecule has 0 saturated carbocycles. The molecule has 0 unspecified atom stereocenters. The van der Waals surface area contributed by atoms with E-state index in [-0.39, 0.29) is 17.2 Å². The summed E-state index contributed by atoms with van der Waals surface area (Å²) in [6.07, 6.45) is 3.32. The predicted molar refractivity (Wildman–Crippen MR) is 101 cm³/mol. The highest BCUT2D eigenvalue weighted by molar-refractivity contribution is 5.92. The molecule has 0 atom stereocenters. The average Bonchev–Trinajstić information content (AvgIpc) is 2.64. The molecule has 142 valence electrons. The van der Waals surface area contributed by atoms with Crippen LogP contribution in [0.5, 0.6) is 11.5 Å². The van der Waals surface area contributed by atoms with Crippen molar-refractivity contribution in [1.29, 1.82) is 0 Å². The molecule has 0 radical (unpaired) electrons. The van der Waals surface area contributed by atoms with Crippen molar-refractivity contribution in [2.24, 2.45) is 5.41 Å². The number of hydrogen-bond acceptors (Lipinski definition) is 4. The highest BCUT2D eigenvalue weighted by Gasteiger charge is 2.30. The first-order valence-electron chi connectivity index (χ1n) is 8.74. The van der Waals surface area contributed by atoms with Crippen LogP contribution in [-0.2, 0) is 9.59 Å². The van der Waals surface area contributed by atoms with Gasteiger partial charge in [0.1, 0.15) is 0 Å². The third-order valence-electron chi connectivity index (χ3n) is 4.35. The SMILES string of the molecule is COc1ccc(/C=C/C(=O)N2CCN(C(=O)C(C)(C)C)CC2)cc1OC. The summed E-state index contributed by atoms with van der Waals surface area (Å²) in [6, 6.07) is 5.49. The van der Waals surface area contributed by atoms with Gasteiger partial charge in [0.05, 0.1) is 14.2 Å². The van der Waals surface area contributed by atoms with E-state index in [0.29, 0.717) is 37.7 Å². The zero-order valence-corrected chi connectivity index (χ0v) is 16.2. The van der Waals surface area contributed by atoms with Crippen LogP contribution in [0.1, 0.15) is 26.3 Å². The van der Waals surface area contributed by atoms with Crippen molar-refractivity contribution in [1.82, 2.24) is 9.80 Å². The summed E-state index contributed by atoms with van der Waals surface area (Å²) in [5.41, 5.74) is 0.469. The zero-order chi connectivity index (χ0) is 19.3. The average molecular weight is 360 g/mol. The minimum Gasteiger partial charge on any atom is -0.493 e. The molecule has 1 saturated heterocycles. The van der Waals surface area contributed by atoms with E-state index in [1.54, 1.807) is 37.3 Å². The lowest BCUT2D eigenvalue weighted by atomic mass is 9.94. The van der Waals surface area contributed by atoms with Crippen molar-refractivity contribution in [3.05, 3.63) is 29.8 Å². The summed E-state index contributed by atoms with van der Waals surface area (Å²) < 4.78 is 10.5. The lowest BCUT2D eigenvalue weighted by Crippen LogP contribution is -2.52. The van der Waals surface area contributed by atoms with Crippen LogP contribution in [0.4, 0.5) is 0 Å². The monoisotopic (exact) mass is 360 g/mol. The van der Waals surface area contributed by atoms with Crippen LogP contribution in [0.2, 0.25) is 0 Å². The Hall–Kier alpha value is -2.50. The van der Waals surface area contributed by atoms with E-state index in [1.165, 1.54) is 0 Å². The van der Waals surface area contributed by atoms with Crippen LogP contribution in [0.3, 0.4) is 0 Å². The summed E-state index contributed by atoms with van der Waals surface area (Å²) in [7, 11) is 3.16. The number of carbonyl (C=O) groups excluding carboxylic acids is 2. The molecule has 0 aliphatic carbocycles. The highest BCUT2D eigenvalue weighted by atomic mass is 16.5. The Labute approximate surface area is 155 Å². The van der Waals surface area contributed by atoms with Crippen molar-refractivity contribution in [2.75, 3.05) is 40.4 Å². The number of methoxy groups -OCH3 is 2. The molecule has 2 amide bonds. The third-order valence-corrected chi connectivity index (χ3v) is 4.35. The molecule has 0 spiro atoms. The fourth-order valence-corrected chi connectivity index (χ4v) is 2.83. The largest absolute Gasteiger partial charge is 0.493 e. The summed E-state index contributed by atoms with van der Waals surface area (Å²) in [6.45, 7) is 8.00. The summed E-state index contributed by atoms with van der Waals surface area (Å²) in [5.74, 6) is 1.35. The topological polar surface area (TPSA) is 59.1 Å². The van der Waals surface area contributed by atoms with Crippen LogP contribution in [0.15, 0.2) is 24.3 Å². The van der Waals surface area contributed by atoms with Gasteiger partial charge in [-0.25, -0.2) is 0 Å². The van der Waals surface area contributed by atoms with Crippen LogP contribution in [0.25, 0.3) is 6.08 Å². The minimum absolute atomic E-state index is 0.0531. The lowest BCUT2D eigenvalue weighted by molar-refractivity contribution is -0.143. The fourth-order valence-electron chi connectivity index (χ4n) is 2.83. The summed E-state index contributed by atoms with van der Waals surface area (Å²) >= 11 is 0. The fraction of sp³-hybridized carbons (Fsp3) is 0.500. The number of ether oxygens (including phenoxy) is 2. The molecule has 1 aliphatic heterocycles. The van der Waals surface area contributed by atoms with Crippen molar-refractivity contribution in [2.45, 2.75) is 20.8 Å². The zero-order valence-electron chi connectivity index (χ0n) is 16.2. The maximum atomic E-state index is 12.4. The Kier molecular flexibility index (Phi) is 6.29. The van der Waals surface area contributed by atoms with E-state index in [1.807, 2.05) is 37.8 Å². The van der Waals surface area contributed by atoms with Crippen molar-refractivity contribution in [3.8, 4) is 11.5 Å². The summed E-state index contributed by atoms with van der Waals surface area (Å²) in [5, 5.41) is 0. The number of amides is 2. The van der Waals surface area contributed by atoms with E-state index in [2.05, 4.69) is 0 Å². The molecule has 26 heavy (non-hydrogen) atoms. The number of carbonyl (C=O) groups is 2. The second kappa shape index (κ2) is 8.25. The van der Waals surface area contributed by atoms with Gasteiger partial charge in [-0.15, -0.1) is 0 Å². The van der Waals surface area contributed by atoms with Crippen LogP contribution in [0, 0.1) is 5.41 Å². The molecule has 1 aromatic rings. The molecule has 0 aromatic heterocycles. The Morgan fingerprint density at radius 2 is 1.54 bits per heavy atom. The second-order valence-electron chi connectivity index (χ2n) is 7.32. The molecular weight excluding hydrogens is 332 g/mol. The molecule has 0 bridgehead atoms. The Morgan fingerprint density at radius 3 is 2.08 bits per heavy atom. The molecule has 1 aromatic carbocycles. The van der Waals surface area contributed by atoms with Gasteiger partial charge in [-0.05, 0) is 23.8 Å². The van der Waals surface area contributed by atoms with E-state index in [9.17, 15) is 9.59 Å². The van der Waals surface area contributed by atoms with Gasteiger partial charge in [0, 0.05) is 37.7 Å². The van der Waals surface area contributed by atoms with E-state index < -0.39 is 0 Å². The Balaban J connectivity index is 1.95. The Bertz CT molecular complexity index is 684. The molecule has 1 fully saturated rings. The van der Waals surface area contributed by atoms with Gasteiger partial charge in [-0.1, -0.05) is 26.8 Å². The normalized spacial score (nSPS) is 15.3. The number of piperazine rings is 1. The molecular formula is C20H28N2O4. The standard InChI is InChI=1S/C20H28N2O4/c1-20(2,3)19(24)22-12-10-21(11-13-22)18(23)9-7-15-6-8-16(25-4)17(14-15)26-5/h6-9,14H,10-13H2,1-5H3/b9-7+. The maximum absolute atomic E-state index is 12.4. The van der Waals surface area contributed by atoms with Crippen LogP contribution < -0.4 is 9.47 Å². The van der Waals surface area contributed by atoms with Crippen molar-refractivity contribution >= 4 is 17.9 Å². The molecule has 6 nitrogen and oxygen atoms in total. The number of nitrogens with zero attached hydrogens (tertiary/aromatic N) is 2. The summed E-state index contributed by atoms with van der Waals surface area (Å²) in [4.78, 5) is 28.3. The van der Waals surface area contributed by atoms with E-state index in [4.69, 9.17) is 9.47 Å². The lowest BCUT2D eigenvalue weighted by Gasteiger charge is -2.37. The third kappa shape index (κ3) is 4.77. The van der Waals surface area contributed by atoms with Crippen LogP contribution in [-0.4, -0.2) is 62.0 Å². The van der Waals surface area contributed by atoms with Gasteiger partial charge in [-0.2, -0.15) is 0 Å². The number of rotatable bonds is 4. The van der Waals surface area contributed by atoms with Crippen molar-refractivity contribution < 1.29 is 19.1 Å². The van der Waals surface area contributed by atoms with Gasteiger partial charge < -0.3 is 19.3 Å². The molecule has 2 rings (SSSR count). The number of benzene rings is 1. The van der Waals surface area contributed by atoms with Crippen LogP contribution >= 0.6 is 0 Å². The number of hydrogen-bond donors (Lipinski definition) is 0. The quantitative estimate of drug-likeness (QED) is 0.774. The van der Waals surface area contributed by atoms with Gasteiger partial charge in [0.2, 0.25) is 11.8 Å². The van der Waals surface area contributed by atoms with Gasteiger partial charge in [0.25, 0.3) is 0 Å². The first-order chi connectivity index (χ1) is 12.3. The van der Waals surface area contributed by atoms with E-state index >= 15 is 0 Å². The first-order valence-corrected chi connectivity index (χ1v) is 8.74. The molecule has 6 heteroatoms. The Morgan fingerprint density at radius 1 is 0.962 bits per heavy atom. The first kappa shape index (κ1) is 19.8. The molecule has 1 heterocycles. The van der Waals surface area contributed by atoms with Gasteiger partial charge >= 0.3 is 0 Å². The predicted octanol–water partition coefficient (Wildman–Crippen LogP) is 2.43. The van der Waals surface area contributed by atoms with Crippen molar-refractivity contribution in [3.63, 3.8) is 0 Å². The minimum atomic E-state index is -0.389. The highest BCUT2D eigenvalue weighted by Crippen LogP contribution is 2.28. The smallest absolute Gasteiger partial charge is 0.246 e. The molecule has 0 N–H and O–H groups in total. The molecule has 1 aliphatic rings. The maximum Gasteiger partial charge on any atom is 0.246 e. The second-order valence-corrected chi connectivity index (χ2v) is 7.32. The van der Waals surface area contributed by atoms with Gasteiger partial charge in [-0.3, -0.25) is 9.59 Å². The van der Waals surface area contributed by atoms with Gasteiger partial charge in [0.15, 0.2) is 11.5 Å². The van der Waals surface area contributed by atoms with E-state index in [0.717, 1.165) is 5.56 Å².